The monoisotopic (exact) mass is 371 g/mol. The molecule has 0 aromatic heterocycles. The van der Waals surface area contributed by atoms with Gasteiger partial charge >= 0.3 is 0 Å². The Bertz CT molecular complexity index is 760. The van der Waals surface area contributed by atoms with Crippen LogP contribution in [0.25, 0.3) is 0 Å². The van der Waals surface area contributed by atoms with E-state index in [1.54, 1.807) is 42.5 Å². The molecule has 0 spiro atoms. The van der Waals surface area contributed by atoms with Crippen LogP contribution >= 0.6 is 0 Å². The molecule has 6 heteroatoms. The third-order valence-corrected chi connectivity index (χ3v) is 4.37. The number of rotatable bonds is 9. The van der Waals surface area contributed by atoms with Crippen molar-refractivity contribution in [2.45, 2.75) is 32.3 Å². The van der Waals surface area contributed by atoms with Crippen molar-refractivity contribution in [2.75, 3.05) is 19.9 Å². The second-order valence-corrected chi connectivity index (χ2v) is 6.40. The quantitative estimate of drug-likeness (QED) is 0.660. The first-order valence-corrected chi connectivity index (χ1v) is 9.26. The number of aliphatic hydroxyl groups excluding tert-OH is 1. The molecule has 144 valence electrons. The molecular formula is C21H25NO5. The van der Waals surface area contributed by atoms with Gasteiger partial charge in [-0.3, -0.25) is 4.79 Å². The van der Waals surface area contributed by atoms with E-state index in [0.717, 1.165) is 24.2 Å². The number of unbranched alkanes of at least 4 members (excludes halogenated alkanes) is 1. The molecule has 27 heavy (non-hydrogen) atoms. The fourth-order valence-electron chi connectivity index (χ4n) is 2.75. The van der Waals surface area contributed by atoms with Gasteiger partial charge in [0.2, 0.25) is 6.79 Å². The molecule has 1 unspecified atom stereocenters. The van der Waals surface area contributed by atoms with E-state index in [1.165, 1.54) is 0 Å². The number of carbonyl (C=O) groups is 1. The van der Waals surface area contributed by atoms with E-state index in [9.17, 15) is 9.90 Å². The van der Waals surface area contributed by atoms with E-state index in [4.69, 9.17) is 14.2 Å². The lowest BCUT2D eigenvalue weighted by molar-refractivity contribution is 0.0942. The van der Waals surface area contributed by atoms with Crippen molar-refractivity contribution in [1.29, 1.82) is 0 Å². The Morgan fingerprint density at radius 3 is 2.74 bits per heavy atom. The zero-order chi connectivity index (χ0) is 19.1. The number of aliphatic hydroxyl groups is 1. The van der Waals surface area contributed by atoms with Gasteiger partial charge in [0.1, 0.15) is 5.75 Å². The van der Waals surface area contributed by atoms with Crippen LogP contribution in [0.3, 0.4) is 0 Å². The number of carbonyl (C=O) groups excluding carboxylic acids is 1. The normalized spacial score (nSPS) is 13.3. The molecular weight excluding hydrogens is 346 g/mol. The van der Waals surface area contributed by atoms with Crippen molar-refractivity contribution in [3.8, 4) is 17.2 Å². The standard InChI is InChI=1S/C21H25NO5/c1-2-3-12-25-17-7-4-15(5-8-17)21(24)22-11-10-18(23)16-6-9-19-20(13-16)27-14-26-19/h4-9,13,18,23H,2-3,10-12,14H2,1H3,(H,22,24). The molecule has 2 aromatic rings. The third kappa shape index (κ3) is 5.14. The SMILES string of the molecule is CCCCOc1ccc(C(=O)NCCC(O)c2ccc3c(c2)OCO3)cc1. The fraction of sp³-hybridized carbons (Fsp3) is 0.381. The van der Waals surface area contributed by atoms with Crippen molar-refractivity contribution < 1.29 is 24.1 Å². The minimum atomic E-state index is -0.686. The highest BCUT2D eigenvalue weighted by Gasteiger charge is 2.16. The van der Waals surface area contributed by atoms with E-state index in [1.807, 2.05) is 0 Å². The van der Waals surface area contributed by atoms with Gasteiger partial charge in [0.05, 0.1) is 12.7 Å². The van der Waals surface area contributed by atoms with Crippen LogP contribution in [-0.2, 0) is 0 Å². The highest BCUT2D eigenvalue weighted by atomic mass is 16.7. The molecule has 1 aliphatic heterocycles. The van der Waals surface area contributed by atoms with Gasteiger partial charge in [-0.1, -0.05) is 19.4 Å². The number of hydrogen-bond acceptors (Lipinski definition) is 5. The predicted octanol–water partition coefficient (Wildman–Crippen LogP) is 3.45. The second-order valence-electron chi connectivity index (χ2n) is 6.40. The Balaban J connectivity index is 1.45. The summed E-state index contributed by atoms with van der Waals surface area (Å²) in [7, 11) is 0. The van der Waals surface area contributed by atoms with E-state index < -0.39 is 6.10 Å². The van der Waals surface area contributed by atoms with Gasteiger partial charge in [-0.15, -0.1) is 0 Å². The first-order valence-electron chi connectivity index (χ1n) is 9.26. The molecule has 1 atom stereocenters. The highest BCUT2D eigenvalue weighted by Crippen LogP contribution is 2.34. The number of amides is 1. The lowest BCUT2D eigenvalue weighted by atomic mass is 10.1. The second kappa shape index (κ2) is 9.28. The molecule has 0 fully saturated rings. The largest absolute Gasteiger partial charge is 0.494 e. The predicted molar refractivity (Wildman–Crippen MR) is 101 cm³/mol. The summed E-state index contributed by atoms with van der Waals surface area (Å²) < 4.78 is 16.2. The molecule has 1 aliphatic rings. The van der Waals surface area contributed by atoms with E-state index in [0.29, 0.717) is 36.6 Å². The minimum Gasteiger partial charge on any atom is -0.494 e. The Morgan fingerprint density at radius 1 is 1.19 bits per heavy atom. The van der Waals surface area contributed by atoms with Crippen molar-refractivity contribution in [1.82, 2.24) is 5.32 Å². The smallest absolute Gasteiger partial charge is 0.251 e. The first kappa shape index (κ1) is 19.0. The van der Waals surface area contributed by atoms with Crippen molar-refractivity contribution in [3.05, 3.63) is 53.6 Å². The maximum absolute atomic E-state index is 12.2. The topological polar surface area (TPSA) is 77.0 Å². The average Bonchev–Trinajstić information content (AvgIpc) is 3.16. The summed E-state index contributed by atoms with van der Waals surface area (Å²) in [6.07, 6.45) is 1.81. The van der Waals surface area contributed by atoms with E-state index in [2.05, 4.69) is 12.2 Å². The van der Waals surface area contributed by atoms with E-state index in [-0.39, 0.29) is 12.7 Å². The van der Waals surface area contributed by atoms with Crippen LogP contribution in [0.15, 0.2) is 42.5 Å². The molecule has 0 saturated carbocycles. The molecule has 3 rings (SSSR count). The minimum absolute atomic E-state index is 0.173. The summed E-state index contributed by atoms with van der Waals surface area (Å²) in [6, 6.07) is 12.4. The fourth-order valence-corrected chi connectivity index (χ4v) is 2.75. The van der Waals surface area contributed by atoms with Gasteiger partial charge in [0, 0.05) is 12.1 Å². The molecule has 0 aliphatic carbocycles. The van der Waals surface area contributed by atoms with Gasteiger partial charge < -0.3 is 24.6 Å². The van der Waals surface area contributed by atoms with Crippen LogP contribution in [0, 0.1) is 0 Å². The Labute approximate surface area is 159 Å². The Kier molecular flexibility index (Phi) is 6.54. The van der Waals surface area contributed by atoms with Gasteiger partial charge in [-0.2, -0.15) is 0 Å². The summed E-state index contributed by atoms with van der Waals surface area (Å²) in [5.74, 6) is 1.91. The van der Waals surface area contributed by atoms with Crippen LogP contribution in [0.1, 0.15) is 48.2 Å². The molecule has 0 radical (unpaired) electrons. The first-order chi connectivity index (χ1) is 13.2. The number of fused-ring (bicyclic) bond motifs is 1. The van der Waals surface area contributed by atoms with Crippen LogP contribution in [0.5, 0.6) is 17.2 Å². The van der Waals surface area contributed by atoms with Crippen molar-refractivity contribution >= 4 is 5.91 Å². The summed E-state index contributed by atoms with van der Waals surface area (Å²) in [4.78, 5) is 12.2. The Hall–Kier alpha value is -2.73. The van der Waals surface area contributed by atoms with Gasteiger partial charge in [0.25, 0.3) is 5.91 Å². The zero-order valence-corrected chi connectivity index (χ0v) is 15.4. The molecule has 2 aromatic carbocycles. The number of ether oxygens (including phenoxy) is 3. The molecule has 0 bridgehead atoms. The number of nitrogens with one attached hydrogen (secondary N) is 1. The number of hydrogen-bond donors (Lipinski definition) is 2. The van der Waals surface area contributed by atoms with Crippen LogP contribution < -0.4 is 19.5 Å². The summed E-state index contributed by atoms with van der Waals surface area (Å²) in [6.45, 7) is 3.36. The molecule has 0 saturated heterocycles. The highest BCUT2D eigenvalue weighted by molar-refractivity contribution is 5.94. The Morgan fingerprint density at radius 2 is 1.96 bits per heavy atom. The van der Waals surface area contributed by atoms with E-state index >= 15 is 0 Å². The molecule has 1 amide bonds. The van der Waals surface area contributed by atoms with Crippen LogP contribution in [0.4, 0.5) is 0 Å². The zero-order valence-electron chi connectivity index (χ0n) is 15.4. The van der Waals surface area contributed by atoms with Crippen molar-refractivity contribution in [2.24, 2.45) is 0 Å². The van der Waals surface area contributed by atoms with Gasteiger partial charge in [0.15, 0.2) is 11.5 Å². The van der Waals surface area contributed by atoms with Crippen LogP contribution in [-0.4, -0.2) is 31.0 Å². The van der Waals surface area contributed by atoms with Gasteiger partial charge in [-0.25, -0.2) is 0 Å². The third-order valence-electron chi connectivity index (χ3n) is 4.37. The maximum atomic E-state index is 12.2. The summed E-state index contributed by atoms with van der Waals surface area (Å²) >= 11 is 0. The molecule has 1 heterocycles. The average molecular weight is 371 g/mol. The summed E-state index contributed by atoms with van der Waals surface area (Å²) in [5, 5.41) is 13.1. The molecule has 6 nitrogen and oxygen atoms in total. The summed E-state index contributed by atoms with van der Waals surface area (Å²) in [5.41, 5.74) is 1.30. The van der Waals surface area contributed by atoms with Gasteiger partial charge in [-0.05, 0) is 54.8 Å². The van der Waals surface area contributed by atoms with Crippen LogP contribution in [0.2, 0.25) is 0 Å². The molecule has 2 N–H and O–H groups in total. The maximum Gasteiger partial charge on any atom is 0.251 e. The lowest BCUT2D eigenvalue weighted by Crippen LogP contribution is -2.25. The van der Waals surface area contributed by atoms with Crippen molar-refractivity contribution in [3.63, 3.8) is 0 Å². The number of benzene rings is 2. The lowest BCUT2D eigenvalue weighted by Gasteiger charge is -2.12.